The third-order valence-electron chi connectivity index (χ3n) is 6.13. The van der Waals surface area contributed by atoms with Gasteiger partial charge in [0.15, 0.2) is 0 Å². The van der Waals surface area contributed by atoms with Crippen LogP contribution in [0.5, 0.6) is 0 Å². The van der Waals surface area contributed by atoms with Crippen LogP contribution in [-0.4, -0.2) is 44.0 Å². The summed E-state index contributed by atoms with van der Waals surface area (Å²) in [6, 6.07) is 4.84. The van der Waals surface area contributed by atoms with E-state index in [1.807, 2.05) is 0 Å². The summed E-state index contributed by atoms with van der Waals surface area (Å²) >= 11 is 0. The van der Waals surface area contributed by atoms with Gasteiger partial charge in [0.25, 0.3) is 0 Å². The molecule has 1 N–H and O–H groups in total. The van der Waals surface area contributed by atoms with Crippen molar-refractivity contribution in [2.24, 2.45) is 5.92 Å². The van der Waals surface area contributed by atoms with Gasteiger partial charge in [-0.05, 0) is 47.9 Å². The molecule has 2 atom stereocenters. The fourth-order valence-corrected chi connectivity index (χ4v) is 4.52. The van der Waals surface area contributed by atoms with Crippen LogP contribution in [0, 0.1) is 12.8 Å². The zero-order valence-corrected chi connectivity index (χ0v) is 14.7. The number of aryl methyl sites for hydroxylation is 1. The van der Waals surface area contributed by atoms with Gasteiger partial charge in [0.05, 0.1) is 0 Å². The lowest BCUT2D eigenvalue weighted by molar-refractivity contribution is 0.132. The third kappa shape index (κ3) is 3.01. The molecule has 2 unspecified atom stereocenters. The Hall–Kier alpha value is -1.29. The van der Waals surface area contributed by atoms with Gasteiger partial charge in [0, 0.05) is 37.8 Å². The van der Waals surface area contributed by atoms with E-state index in [1.165, 1.54) is 23.9 Å². The minimum atomic E-state index is -0.709. The maximum atomic E-state index is 13.3. The van der Waals surface area contributed by atoms with Gasteiger partial charge in [0.1, 0.15) is 13.5 Å². The molecule has 0 bridgehead atoms. The molecule has 1 aromatic rings. The molecule has 4 rings (SSSR count). The van der Waals surface area contributed by atoms with Crippen molar-refractivity contribution < 1.29 is 4.39 Å². The van der Waals surface area contributed by atoms with Gasteiger partial charge in [0.2, 0.25) is 0 Å². The first-order valence-corrected chi connectivity index (χ1v) is 9.35. The maximum absolute atomic E-state index is 13.3. The van der Waals surface area contributed by atoms with E-state index in [9.17, 15) is 4.39 Å². The molecule has 1 aromatic carbocycles. The zero-order valence-electron chi connectivity index (χ0n) is 14.7. The van der Waals surface area contributed by atoms with Crippen molar-refractivity contribution in [1.82, 2.24) is 10.2 Å². The number of alkyl halides is 1. The molecule has 1 radical (unpaired) electrons. The molecule has 0 spiro atoms. The third-order valence-corrected chi connectivity index (χ3v) is 6.13. The van der Waals surface area contributed by atoms with Gasteiger partial charge in [-0.25, -0.2) is 4.39 Å². The van der Waals surface area contributed by atoms with Crippen molar-refractivity contribution in [2.45, 2.75) is 51.0 Å². The highest BCUT2D eigenvalue weighted by Gasteiger charge is 2.34. The Morgan fingerprint density at radius 3 is 3.00 bits per heavy atom. The standard InChI is InChI=1S/C20H27BFN2/c1-13-17(4-3-16-5-6-21-9-19(13)16)7-15-11-24(12-15)14(2)20-8-18(22)10-23-20/h3-4,15,18,20,23H,2,5-12H2,1H3. The number of hydrogen-bond donors (Lipinski definition) is 1. The molecule has 2 fully saturated rings. The monoisotopic (exact) mass is 325 g/mol. The molecule has 0 aromatic heterocycles. The predicted molar refractivity (Wildman–Crippen MR) is 98.4 cm³/mol. The number of fused-ring (bicyclic) bond motifs is 1. The fraction of sp³-hybridized carbons (Fsp3) is 0.600. The summed E-state index contributed by atoms with van der Waals surface area (Å²) in [6.07, 6.45) is 4.60. The van der Waals surface area contributed by atoms with Crippen molar-refractivity contribution in [1.29, 1.82) is 0 Å². The second-order valence-corrected chi connectivity index (χ2v) is 7.78. The SMILES string of the molecule is C=C(C1CC(F)CN1)N1CC(Cc2ccc3c(c2C)C[B]CC3)C1. The first-order chi connectivity index (χ1) is 11.6. The van der Waals surface area contributed by atoms with E-state index in [0.29, 0.717) is 18.9 Å². The maximum Gasteiger partial charge on any atom is 0.115 e. The average molecular weight is 325 g/mol. The van der Waals surface area contributed by atoms with Gasteiger partial charge in [-0.1, -0.05) is 31.4 Å². The summed E-state index contributed by atoms with van der Waals surface area (Å²) < 4.78 is 13.3. The quantitative estimate of drug-likeness (QED) is 0.857. The van der Waals surface area contributed by atoms with Gasteiger partial charge in [-0.2, -0.15) is 0 Å². The Kier molecular flexibility index (Phi) is 4.42. The number of benzene rings is 1. The van der Waals surface area contributed by atoms with Crippen molar-refractivity contribution in [3.8, 4) is 0 Å². The fourth-order valence-electron chi connectivity index (χ4n) is 4.52. The van der Waals surface area contributed by atoms with E-state index in [-0.39, 0.29) is 6.04 Å². The highest BCUT2D eigenvalue weighted by molar-refractivity contribution is 6.35. The number of likely N-dealkylation sites (tertiary alicyclic amines) is 1. The van der Waals surface area contributed by atoms with Crippen molar-refractivity contribution in [3.05, 3.63) is 46.7 Å². The first kappa shape index (κ1) is 16.2. The molecule has 3 aliphatic heterocycles. The minimum absolute atomic E-state index is 0.141. The van der Waals surface area contributed by atoms with Crippen LogP contribution in [-0.2, 0) is 19.2 Å². The Labute approximate surface area is 145 Å². The highest BCUT2D eigenvalue weighted by atomic mass is 19.1. The molecule has 0 amide bonds. The van der Waals surface area contributed by atoms with Gasteiger partial charge in [-0.15, -0.1) is 0 Å². The summed E-state index contributed by atoms with van der Waals surface area (Å²) in [4.78, 5) is 2.34. The van der Waals surface area contributed by atoms with Gasteiger partial charge < -0.3 is 10.2 Å². The molecule has 4 heteroatoms. The van der Waals surface area contributed by atoms with Crippen molar-refractivity contribution in [2.75, 3.05) is 19.6 Å². The Bertz CT molecular complexity index is 639. The second kappa shape index (κ2) is 6.55. The number of nitrogens with one attached hydrogen (secondary N) is 1. The van der Waals surface area contributed by atoms with E-state index in [4.69, 9.17) is 0 Å². The summed E-state index contributed by atoms with van der Waals surface area (Å²) in [5.74, 6) is 0.702. The number of rotatable bonds is 4. The molecule has 0 aliphatic carbocycles. The molecule has 2 saturated heterocycles. The summed E-state index contributed by atoms with van der Waals surface area (Å²) in [5, 5.41) is 3.24. The minimum Gasteiger partial charge on any atom is -0.373 e. The van der Waals surface area contributed by atoms with Crippen molar-refractivity contribution >= 4 is 7.28 Å². The van der Waals surface area contributed by atoms with Crippen LogP contribution < -0.4 is 5.32 Å². The predicted octanol–water partition coefficient (Wildman–Crippen LogP) is 2.86. The van der Waals surface area contributed by atoms with Gasteiger partial charge in [-0.3, -0.25) is 0 Å². The van der Waals surface area contributed by atoms with E-state index >= 15 is 0 Å². The number of hydrogen-bond acceptors (Lipinski definition) is 2. The lowest BCUT2D eigenvalue weighted by Crippen LogP contribution is -2.50. The molecule has 127 valence electrons. The van der Waals surface area contributed by atoms with Crippen LogP contribution in [0.25, 0.3) is 0 Å². The van der Waals surface area contributed by atoms with Gasteiger partial charge >= 0.3 is 0 Å². The average Bonchev–Trinajstić information content (AvgIpc) is 2.98. The normalized spacial score (nSPS) is 26.7. The molecule has 2 nitrogen and oxygen atoms in total. The molecule has 3 heterocycles. The second-order valence-electron chi connectivity index (χ2n) is 7.78. The Morgan fingerprint density at radius 1 is 1.42 bits per heavy atom. The smallest absolute Gasteiger partial charge is 0.115 e. The molecule has 0 saturated carbocycles. The number of halogens is 1. The topological polar surface area (TPSA) is 15.3 Å². The molecular formula is C20H27BFN2. The molecule has 3 aliphatic rings. The lowest BCUT2D eigenvalue weighted by atomic mass is 9.61. The van der Waals surface area contributed by atoms with Crippen LogP contribution in [0.4, 0.5) is 4.39 Å². The summed E-state index contributed by atoms with van der Waals surface area (Å²) in [5.41, 5.74) is 7.24. The number of nitrogens with zero attached hydrogens (tertiary/aromatic N) is 1. The van der Waals surface area contributed by atoms with E-state index < -0.39 is 6.17 Å². The lowest BCUT2D eigenvalue weighted by Gasteiger charge is -2.44. The highest BCUT2D eigenvalue weighted by Crippen LogP contribution is 2.31. The van der Waals surface area contributed by atoms with Crippen LogP contribution in [0.3, 0.4) is 0 Å². The van der Waals surface area contributed by atoms with Crippen LogP contribution in [0.1, 0.15) is 28.7 Å². The Morgan fingerprint density at radius 2 is 2.25 bits per heavy atom. The summed E-state index contributed by atoms with van der Waals surface area (Å²) in [6.45, 7) is 9.11. The largest absolute Gasteiger partial charge is 0.373 e. The molecular weight excluding hydrogens is 298 g/mol. The van der Waals surface area contributed by atoms with Crippen molar-refractivity contribution in [3.63, 3.8) is 0 Å². The Balaban J connectivity index is 1.34. The van der Waals surface area contributed by atoms with E-state index in [2.05, 4.69) is 43.1 Å². The van der Waals surface area contributed by atoms with E-state index in [1.54, 1.807) is 11.1 Å². The zero-order chi connectivity index (χ0) is 16.7. The van der Waals surface area contributed by atoms with Crippen LogP contribution >= 0.6 is 0 Å². The van der Waals surface area contributed by atoms with Crippen LogP contribution in [0.15, 0.2) is 24.4 Å². The summed E-state index contributed by atoms with van der Waals surface area (Å²) in [7, 11) is 2.42. The van der Waals surface area contributed by atoms with E-state index in [0.717, 1.165) is 31.5 Å². The molecule has 24 heavy (non-hydrogen) atoms. The first-order valence-electron chi connectivity index (χ1n) is 9.35. The van der Waals surface area contributed by atoms with Crippen LogP contribution in [0.2, 0.25) is 6.32 Å².